The molecule has 1 saturated heterocycles. The van der Waals surface area contributed by atoms with Crippen molar-refractivity contribution in [3.05, 3.63) is 16.9 Å². The minimum Gasteiger partial charge on any atom is -0.348 e. The number of carbonyl (C=O) groups excluding carboxylic acids is 2. The monoisotopic (exact) mass is 357 g/mol. The van der Waals surface area contributed by atoms with Gasteiger partial charge in [-0.05, 0) is 41.7 Å². The van der Waals surface area contributed by atoms with Crippen LogP contribution in [-0.2, 0) is 16.1 Å². The van der Waals surface area contributed by atoms with Crippen molar-refractivity contribution in [3.8, 4) is 0 Å². The third kappa shape index (κ3) is 5.47. The third-order valence-electron chi connectivity index (χ3n) is 3.30. The molecule has 2 amide bonds. The molecular formula is C13H20BrN5O2. The normalized spacial score (nSPS) is 17.7. The van der Waals surface area contributed by atoms with Crippen LogP contribution in [0, 0.1) is 0 Å². The number of amides is 2. The van der Waals surface area contributed by atoms with Crippen LogP contribution in [0.4, 0.5) is 0 Å². The van der Waals surface area contributed by atoms with Gasteiger partial charge in [0.1, 0.15) is 0 Å². The van der Waals surface area contributed by atoms with Gasteiger partial charge in [0.15, 0.2) is 0 Å². The zero-order valence-corrected chi connectivity index (χ0v) is 13.4. The molecule has 1 atom stereocenters. The second-order valence-electron chi connectivity index (χ2n) is 5.05. The second-order valence-corrected chi connectivity index (χ2v) is 5.96. The quantitative estimate of drug-likeness (QED) is 0.494. The van der Waals surface area contributed by atoms with Crippen molar-refractivity contribution >= 4 is 27.7 Å². The summed E-state index contributed by atoms with van der Waals surface area (Å²) < 4.78 is 2.79. The van der Waals surface area contributed by atoms with Gasteiger partial charge in [0, 0.05) is 31.9 Å². The highest BCUT2D eigenvalue weighted by Crippen LogP contribution is 2.06. The van der Waals surface area contributed by atoms with Gasteiger partial charge < -0.3 is 16.0 Å². The first kappa shape index (κ1) is 16.0. The fourth-order valence-electron chi connectivity index (χ4n) is 2.17. The molecule has 0 aliphatic carbocycles. The van der Waals surface area contributed by atoms with E-state index in [-0.39, 0.29) is 6.04 Å². The molecule has 116 valence electrons. The second kappa shape index (κ2) is 8.14. The van der Waals surface area contributed by atoms with Gasteiger partial charge in [0.05, 0.1) is 10.7 Å². The summed E-state index contributed by atoms with van der Waals surface area (Å²) in [6.45, 7) is 2.91. The highest BCUT2D eigenvalue weighted by molar-refractivity contribution is 9.10. The lowest BCUT2D eigenvalue weighted by atomic mass is 10.2. The number of halogens is 1. The molecule has 1 aromatic rings. The van der Waals surface area contributed by atoms with E-state index in [0.29, 0.717) is 6.54 Å². The van der Waals surface area contributed by atoms with Crippen LogP contribution >= 0.6 is 15.9 Å². The number of rotatable bonds is 6. The molecular weight excluding hydrogens is 338 g/mol. The Morgan fingerprint density at radius 2 is 2.29 bits per heavy atom. The Hall–Kier alpha value is -1.41. The van der Waals surface area contributed by atoms with Crippen LogP contribution in [0.15, 0.2) is 16.9 Å². The van der Waals surface area contributed by atoms with Gasteiger partial charge in [-0.1, -0.05) is 0 Å². The highest BCUT2D eigenvalue weighted by atomic mass is 79.9. The lowest BCUT2D eigenvalue weighted by Gasteiger charge is -2.11. The number of nitrogens with zero attached hydrogens (tertiary/aromatic N) is 2. The molecule has 0 bridgehead atoms. The van der Waals surface area contributed by atoms with E-state index in [2.05, 4.69) is 37.0 Å². The number of nitrogens with one attached hydrogen (secondary N) is 3. The fraction of sp³-hybridized carbons (Fsp3) is 0.615. The van der Waals surface area contributed by atoms with Crippen LogP contribution in [-0.4, -0.2) is 47.3 Å². The molecule has 2 heterocycles. The first-order chi connectivity index (χ1) is 10.1. The largest absolute Gasteiger partial charge is 0.348 e. The van der Waals surface area contributed by atoms with E-state index in [1.54, 1.807) is 6.20 Å². The fourth-order valence-corrected chi connectivity index (χ4v) is 2.50. The summed E-state index contributed by atoms with van der Waals surface area (Å²) in [5.41, 5.74) is 0. The molecule has 1 aliphatic heterocycles. The lowest BCUT2D eigenvalue weighted by Crippen LogP contribution is -2.45. The highest BCUT2D eigenvalue weighted by Gasteiger charge is 2.20. The zero-order valence-electron chi connectivity index (χ0n) is 11.8. The maximum Gasteiger partial charge on any atom is 0.309 e. The summed E-state index contributed by atoms with van der Waals surface area (Å²) in [6, 6.07) is 0.0708. The minimum atomic E-state index is -0.552. The SMILES string of the molecule is O=C(NCCCCn1cc(Br)cn1)C(=O)N[C@H]1CCNC1. The maximum absolute atomic E-state index is 11.6. The van der Waals surface area contributed by atoms with Gasteiger partial charge >= 0.3 is 11.8 Å². The molecule has 0 unspecified atom stereocenters. The Kier molecular flexibility index (Phi) is 6.19. The first-order valence-electron chi connectivity index (χ1n) is 7.12. The Balaban J connectivity index is 1.55. The van der Waals surface area contributed by atoms with Gasteiger partial charge in [-0.2, -0.15) is 5.10 Å². The Labute approximate surface area is 132 Å². The minimum absolute atomic E-state index is 0.0708. The predicted octanol–water partition coefficient (Wildman–Crippen LogP) is 0.0201. The molecule has 21 heavy (non-hydrogen) atoms. The number of aromatic nitrogens is 2. The van der Waals surface area contributed by atoms with E-state index in [4.69, 9.17) is 0 Å². The molecule has 0 saturated carbocycles. The number of aryl methyl sites for hydroxylation is 1. The van der Waals surface area contributed by atoms with Gasteiger partial charge in [0.25, 0.3) is 0 Å². The van der Waals surface area contributed by atoms with Crippen molar-refractivity contribution in [1.82, 2.24) is 25.7 Å². The molecule has 1 aliphatic rings. The van der Waals surface area contributed by atoms with E-state index in [1.165, 1.54) is 0 Å². The van der Waals surface area contributed by atoms with Crippen molar-refractivity contribution in [2.75, 3.05) is 19.6 Å². The Morgan fingerprint density at radius 3 is 2.95 bits per heavy atom. The van der Waals surface area contributed by atoms with E-state index in [1.807, 2.05) is 10.9 Å². The smallest absolute Gasteiger partial charge is 0.309 e. The van der Waals surface area contributed by atoms with Gasteiger partial charge in [-0.15, -0.1) is 0 Å². The summed E-state index contributed by atoms with van der Waals surface area (Å²) in [4.78, 5) is 23.2. The molecule has 7 nitrogen and oxygen atoms in total. The van der Waals surface area contributed by atoms with Crippen molar-refractivity contribution in [3.63, 3.8) is 0 Å². The van der Waals surface area contributed by atoms with Crippen LogP contribution in [0.3, 0.4) is 0 Å². The van der Waals surface area contributed by atoms with E-state index in [0.717, 1.165) is 43.4 Å². The molecule has 0 spiro atoms. The molecule has 1 aromatic heterocycles. The third-order valence-corrected chi connectivity index (χ3v) is 3.71. The first-order valence-corrected chi connectivity index (χ1v) is 7.92. The topological polar surface area (TPSA) is 88.0 Å². The predicted molar refractivity (Wildman–Crippen MR) is 81.6 cm³/mol. The summed E-state index contributed by atoms with van der Waals surface area (Å²) in [5, 5.41) is 12.6. The average Bonchev–Trinajstić information content (AvgIpc) is 3.10. The van der Waals surface area contributed by atoms with E-state index < -0.39 is 11.8 Å². The summed E-state index contributed by atoms with van der Waals surface area (Å²) in [5.74, 6) is -1.09. The van der Waals surface area contributed by atoms with Crippen LogP contribution in [0.1, 0.15) is 19.3 Å². The summed E-state index contributed by atoms with van der Waals surface area (Å²) >= 11 is 3.34. The van der Waals surface area contributed by atoms with Crippen molar-refractivity contribution in [2.45, 2.75) is 31.8 Å². The van der Waals surface area contributed by atoms with Crippen molar-refractivity contribution in [1.29, 1.82) is 0 Å². The summed E-state index contributed by atoms with van der Waals surface area (Å²) in [7, 11) is 0. The van der Waals surface area contributed by atoms with E-state index in [9.17, 15) is 9.59 Å². The Bertz CT molecular complexity index is 485. The van der Waals surface area contributed by atoms with Gasteiger partial charge in [-0.3, -0.25) is 14.3 Å². The van der Waals surface area contributed by atoms with Crippen LogP contribution in [0.2, 0.25) is 0 Å². The molecule has 0 aromatic carbocycles. The van der Waals surface area contributed by atoms with Gasteiger partial charge in [-0.25, -0.2) is 0 Å². The molecule has 1 fully saturated rings. The number of carbonyl (C=O) groups is 2. The van der Waals surface area contributed by atoms with Gasteiger partial charge in [0.2, 0.25) is 0 Å². The molecule has 2 rings (SSSR count). The number of hydrogen-bond donors (Lipinski definition) is 3. The molecule has 0 radical (unpaired) electrons. The Morgan fingerprint density at radius 1 is 1.43 bits per heavy atom. The van der Waals surface area contributed by atoms with Crippen LogP contribution < -0.4 is 16.0 Å². The molecule has 8 heteroatoms. The maximum atomic E-state index is 11.6. The van der Waals surface area contributed by atoms with Crippen molar-refractivity contribution in [2.24, 2.45) is 0 Å². The van der Waals surface area contributed by atoms with E-state index >= 15 is 0 Å². The van der Waals surface area contributed by atoms with Crippen LogP contribution in [0.25, 0.3) is 0 Å². The van der Waals surface area contributed by atoms with Crippen LogP contribution in [0.5, 0.6) is 0 Å². The standard InChI is InChI=1S/C13H20BrN5O2/c14-10-7-17-19(9-10)6-2-1-4-16-12(20)13(21)18-11-3-5-15-8-11/h7,9,11,15H,1-6,8H2,(H,16,20)(H,18,21)/t11-/m0/s1. The number of hydrogen-bond acceptors (Lipinski definition) is 4. The lowest BCUT2D eigenvalue weighted by molar-refractivity contribution is -0.139. The van der Waals surface area contributed by atoms with Crippen molar-refractivity contribution < 1.29 is 9.59 Å². The average molecular weight is 358 g/mol. The summed E-state index contributed by atoms with van der Waals surface area (Å²) in [6.07, 6.45) is 6.22. The zero-order chi connectivity index (χ0) is 15.1. The molecule has 3 N–H and O–H groups in total. The number of unbranched alkanes of at least 4 members (excludes halogenated alkanes) is 1.